The van der Waals surface area contributed by atoms with Gasteiger partial charge in [-0.15, -0.1) is 0 Å². The van der Waals surface area contributed by atoms with Crippen molar-refractivity contribution in [3.63, 3.8) is 0 Å². The highest BCUT2D eigenvalue weighted by atomic mass is 16.3. The first-order chi connectivity index (χ1) is 12.6. The highest BCUT2D eigenvalue weighted by molar-refractivity contribution is 6.00. The van der Waals surface area contributed by atoms with Crippen LogP contribution in [0, 0.1) is 5.92 Å². The van der Waals surface area contributed by atoms with E-state index >= 15 is 0 Å². The molecule has 0 bridgehead atoms. The quantitative estimate of drug-likeness (QED) is 0.752. The number of fused-ring (bicyclic) bond motifs is 1. The van der Waals surface area contributed by atoms with Gasteiger partial charge < -0.3 is 15.7 Å². The van der Waals surface area contributed by atoms with Crippen LogP contribution in [0.3, 0.4) is 0 Å². The number of amides is 2. The van der Waals surface area contributed by atoms with Gasteiger partial charge in [0.25, 0.3) is 5.91 Å². The monoisotopic (exact) mass is 354 g/mol. The summed E-state index contributed by atoms with van der Waals surface area (Å²) in [4.78, 5) is 24.8. The van der Waals surface area contributed by atoms with E-state index in [2.05, 4.69) is 15.7 Å². The van der Waals surface area contributed by atoms with Crippen LogP contribution < -0.4 is 10.6 Å². The third-order valence-corrected chi connectivity index (χ3v) is 5.32. The summed E-state index contributed by atoms with van der Waals surface area (Å²) in [6.45, 7) is 1.01. The van der Waals surface area contributed by atoms with Crippen LogP contribution >= 0.6 is 0 Å². The zero-order valence-corrected chi connectivity index (χ0v) is 14.3. The smallest absolute Gasteiger partial charge is 0.251 e. The molecule has 2 amide bonds. The minimum Gasteiger partial charge on any atom is -0.391 e. The molecule has 4 rings (SSSR count). The molecule has 0 saturated heterocycles. The van der Waals surface area contributed by atoms with Crippen molar-refractivity contribution in [3.8, 4) is 0 Å². The molecule has 1 aromatic carbocycles. The summed E-state index contributed by atoms with van der Waals surface area (Å²) in [5, 5.41) is 20.3. The molecule has 136 valence electrons. The molecule has 2 unspecified atom stereocenters. The maximum Gasteiger partial charge on any atom is 0.251 e. The van der Waals surface area contributed by atoms with Crippen molar-refractivity contribution in [2.24, 2.45) is 5.92 Å². The van der Waals surface area contributed by atoms with Gasteiger partial charge in [0, 0.05) is 31.0 Å². The Morgan fingerprint density at radius 3 is 2.96 bits per heavy atom. The second kappa shape index (κ2) is 6.92. The first-order valence-electron chi connectivity index (χ1n) is 8.95. The molecule has 0 spiro atoms. The van der Waals surface area contributed by atoms with Gasteiger partial charge >= 0.3 is 0 Å². The lowest BCUT2D eigenvalue weighted by molar-refractivity contribution is -0.123. The first-order valence-corrected chi connectivity index (χ1v) is 8.95. The molecule has 1 aromatic heterocycles. The molecular formula is C19H22N4O3. The fourth-order valence-electron chi connectivity index (χ4n) is 4.02. The van der Waals surface area contributed by atoms with Crippen LogP contribution in [0.5, 0.6) is 0 Å². The maximum absolute atomic E-state index is 12.8. The maximum atomic E-state index is 12.8. The molecule has 7 nitrogen and oxygen atoms in total. The number of nitrogens with zero attached hydrogens (tertiary/aromatic N) is 2. The fourth-order valence-corrected chi connectivity index (χ4v) is 4.02. The number of aromatic nitrogens is 2. The normalized spacial score (nSPS) is 27.7. The Morgan fingerprint density at radius 2 is 2.15 bits per heavy atom. The van der Waals surface area contributed by atoms with E-state index in [1.54, 1.807) is 18.3 Å². The standard InChI is InChI=1S/C19H22N4O3/c24-17-9-12(11-23-7-3-6-21-23)8-16(17)22-19(26)15-10-20-18(25)14-5-2-1-4-13(14)15/h1-7,12,15-17,24H,8-11H2,(H,20,25)(H,22,26)/t12?,15?,16-,17-/m1/s1. The predicted octanol–water partition coefficient (Wildman–Crippen LogP) is 0.666. The summed E-state index contributed by atoms with van der Waals surface area (Å²) in [6.07, 6.45) is 4.43. The summed E-state index contributed by atoms with van der Waals surface area (Å²) in [5.74, 6) is -0.458. The molecule has 2 aliphatic rings. The van der Waals surface area contributed by atoms with Crippen molar-refractivity contribution in [1.82, 2.24) is 20.4 Å². The van der Waals surface area contributed by atoms with Crippen molar-refractivity contribution in [1.29, 1.82) is 0 Å². The minimum atomic E-state index is -0.562. The van der Waals surface area contributed by atoms with Gasteiger partial charge in [0.1, 0.15) is 0 Å². The summed E-state index contributed by atoms with van der Waals surface area (Å²) < 4.78 is 1.86. The van der Waals surface area contributed by atoms with Crippen molar-refractivity contribution in [2.45, 2.75) is 37.5 Å². The van der Waals surface area contributed by atoms with Crippen molar-refractivity contribution in [3.05, 3.63) is 53.9 Å². The van der Waals surface area contributed by atoms with E-state index < -0.39 is 12.0 Å². The molecule has 1 aliphatic carbocycles. The zero-order chi connectivity index (χ0) is 18.1. The average molecular weight is 354 g/mol. The van der Waals surface area contributed by atoms with E-state index in [0.29, 0.717) is 18.4 Å². The van der Waals surface area contributed by atoms with Crippen molar-refractivity contribution in [2.75, 3.05) is 6.54 Å². The lowest BCUT2D eigenvalue weighted by Gasteiger charge is -2.27. The zero-order valence-electron chi connectivity index (χ0n) is 14.3. The highest BCUT2D eigenvalue weighted by Crippen LogP contribution is 2.29. The number of aliphatic hydroxyl groups is 1. The highest BCUT2D eigenvalue weighted by Gasteiger charge is 2.37. The van der Waals surface area contributed by atoms with Gasteiger partial charge in [0.15, 0.2) is 0 Å². The van der Waals surface area contributed by atoms with E-state index in [-0.39, 0.29) is 30.3 Å². The average Bonchev–Trinajstić information content (AvgIpc) is 3.26. The van der Waals surface area contributed by atoms with E-state index in [0.717, 1.165) is 12.1 Å². The molecule has 1 aliphatic heterocycles. The Labute approximate surface area is 151 Å². The molecule has 2 heterocycles. The van der Waals surface area contributed by atoms with E-state index in [4.69, 9.17) is 0 Å². The van der Waals surface area contributed by atoms with E-state index in [1.165, 1.54) is 0 Å². The molecule has 0 radical (unpaired) electrons. The second-order valence-corrected chi connectivity index (χ2v) is 7.10. The van der Waals surface area contributed by atoms with Crippen LogP contribution in [0.15, 0.2) is 42.7 Å². The number of benzene rings is 1. The number of carbonyl (C=O) groups excluding carboxylic acids is 2. The van der Waals surface area contributed by atoms with Crippen molar-refractivity contribution >= 4 is 11.8 Å². The van der Waals surface area contributed by atoms with Crippen LogP contribution in [0.1, 0.15) is 34.7 Å². The SMILES string of the molecule is O=C1NCC(C(=O)N[C@@H]2CC(Cn3cccn3)C[C@H]2O)c2ccccc21. The summed E-state index contributed by atoms with van der Waals surface area (Å²) in [6, 6.07) is 8.78. The molecule has 2 aromatic rings. The van der Waals surface area contributed by atoms with Crippen LogP contribution in [-0.4, -0.2) is 45.4 Å². The number of hydrogen-bond acceptors (Lipinski definition) is 4. The summed E-state index contributed by atoms with van der Waals surface area (Å²) in [7, 11) is 0. The van der Waals surface area contributed by atoms with E-state index in [9.17, 15) is 14.7 Å². The molecule has 4 atom stereocenters. The van der Waals surface area contributed by atoms with E-state index in [1.807, 2.05) is 29.1 Å². The Kier molecular flexibility index (Phi) is 4.46. The molecular weight excluding hydrogens is 332 g/mol. The minimum absolute atomic E-state index is 0.148. The lowest BCUT2D eigenvalue weighted by atomic mass is 9.89. The van der Waals surface area contributed by atoms with Gasteiger partial charge in [-0.1, -0.05) is 18.2 Å². The van der Waals surface area contributed by atoms with Crippen LogP contribution in [0.4, 0.5) is 0 Å². The fraction of sp³-hybridized carbons (Fsp3) is 0.421. The van der Waals surface area contributed by atoms with Crippen molar-refractivity contribution < 1.29 is 14.7 Å². The van der Waals surface area contributed by atoms with Crippen LogP contribution in [0.25, 0.3) is 0 Å². The van der Waals surface area contributed by atoms with Crippen LogP contribution in [-0.2, 0) is 11.3 Å². The summed E-state index contributed by atoms with van der Waals surface area (Å²) in [5.41, 5.74) is 1.29. The Hall–Kier alpha value is -2.67. The second-order valence-electron chi connectivity index (χ2n) is 7.10. The molecule has 1 fully saturated rings. The Balaban J connectivity index is 1.42. The first kappa shape index (κ1) is 16.8. The predicted molar refractivity (Wildman–Crippen MR) is 94.4 cm³/mol. The number of carbonyl (C=O) groups is 2. The molecule has 7 heteroatoms. The number of aliphatic hydroxyl groups excluding tert-OH is 1. The summed E-state index contributed by atoms with van der Waals surface area (Å²) >= 11 is 0. The van der Waals surface area contributed by atoms with Gasteiger partial charge in [0.2, 0.25) is 5.91 Å². The topological polar surface area (TPSA) is 96.3 Å². The largest absolute Gasteiger partial charge is 0.391 e. The molecule has 26 heavy (non-hydrogen) atoms. The third-order valence-electron chi connectivity index (χ3n) is 5.32. The van der Waals surface area contributed by atoms with Gasteiger partial charge in [0.05, 0.1) is 18.1 Å². The van der Waals surface area contributed by atoms with Gasteiger partial charge in [-0.05, 0) is 36.5 Å². The number of rotatable bonds is 4. The number of nitrogens with one attached hydrogen (secondary N) is 2. The van der Waals surface area contributed by atoms with Crippen LogP contribution in [0.2, 0.25) is 0 Å². The Bertz CT molecular complexity index is 805. The molecule has 3 N–H and O–H groups in total. The van der Waals surface area contributed by atoms with Gasteiger partial charge in [-0.3, -0.25) is 14.3 Å². The van der Waals surface area contributed by atoms with Gasteiger partial charge in [-0.25, -0.2) is 0 Å². The number of hydrogen-bond donors (Lipinski definition) is 3. The molecule has 1 saturated carbocycles. The Morgan fingerprint density at radius 1 is 1.31 bits per heavy atom. The lowest BCUT2D eigenvalue weighted by Crippen LogP contribution is -2.47. The van der Waals surface area contributed by atoms with Gasteiger partial charge in [-0.2, -0.15) is 5.10 Å². The third kappa shape index (κ3) is 3.22.